The monoisotopic (exact) mass is 721 g/mol. The zero-order chi connectivity index (χ0) is 36.7. The first-order valence-electron chi connectivity index (χ1n) is 18.3. The summed E-state index contributed by atoms with van der Waals surface area (Å²) in [6.07, 6.45) is 5.19. The lowest BCUT2D eigenvalue weighted by Crippen LogP contribution is -2.66. The van der Waals surface area contributed by atoms with Crippen LogP contribution in [0.5, 0.6) is 5.75 Å². The van der Waals surface area contributed by atoms with Gasteiger partial charge in [0.1, 0.15) is 16.8 Å². The molecule has 0 spiro atoms. The third-order valence-corrected chi connectivity index (χ3v) is 15.0. The van der Waals surface area contributed by atoms with E-state index in [1.165, 1.54) is 15.9 Å². The normalized spacial score (nSPS) is 15.4. The molecule has 2 aromatic heterocycles. The molecule has 2 unspecified atom stereocenters. The van der Waals surface area contributed by atoms with Crippen LogP contribution in [0.15, 0.2) is 85.1 Å². The molecule has 274 valence electrons. The van der Waals surface area contributed by atoms with Gasteiger partial charge in [-0.25, -0.2) is 9.78 Å². The van der Waals surface area contributed by atoms with Crippen molar-refractivity contribution in [3.8, 4) is 5.75 Å². The third-order valence-electron chi connectivity index (χ3n) is 9.98. The molecule has 1 saturated heterocycles. The van der Waals surface area contributed by atoms with Gasteiger partial charge < -0.3 is 24.9 Å². The van der Waals surface area contributed by atoms with Crippen molar-refractivity contribution in [3.63, 3.8) is 0 Å². The molecule has 3 aromatic carbocycles. The Hall–Kier alpha value is -4.78. The van der Waals surface area contributed by atoms with E-state index in [0.717, 1.165) is 43.5 Å². The van der Waals surface area contributed by atoms with Gasteiger partial charge in [-0.2, -0.15) is 10.1 Å². The molecule has 1 fully saturated rings. The fraction of sp³-hybridized carbons (Fsp3) is 0.400. The van der Waals surface area contributed by atoms with Gasteiger partial charge in [0.15, 0.2) is 5.82 Å². The summed E-state index contributed by atoms with van der Waals surface area (Å²) in [5, 5.41) is 26.2. The van der Waals surface area contributed by atoms with E-state index < -0.39 is 14.4 Å². The van der Waals surface area contributed by atoms with Crippen molar-refractivity contribution < 1.29 is 19.1 Å². The second kappa shape index (κ2) is 16.3. The summed E-state index contributed by atoms with van der Waals surface area (Å²) in [5.74, 6) is 1.30. The summed E-state index contributed by atoms with van der Waals surface area (Å²) < 4.78 is 15.0. The number of rotatable bonds is 15. The Morgan fingerprint density at radius 2 is 1.75 bits per heavy atom. The fourth-order valence-corrected chi connectivity index (χ4v) is 12.1. The van der Waals surface area contributed by atoms with E-state index in [9.17, 15) is 9.90 Å². The van der Waals surface area contributed by atoms with Crippen LogP contribution in [-0.4, -0.2) is 65.6 Å². The Kier molecular flexibility index (Phi) is 11.6. The number of ether oxygens (including phenoxy) is 1. The smallest absolute Gasteiger partial charge is 0.411 e. The van der Waals surface area contributed by atoms with Crippen molar-refractivity contribution in [1.29, 1.82) is 0 Å². The van der Waals surface area contributed by atoms with Gasteiger partial charge in [-0.1, -0.05) is 107 Å². The van der Waals surface area contributed by atoms with Crippen molar-refractivity contribution in [1.82, 2.24) is 25.1 Å². The lowest BCUT2D eigenvalue weighted by molar-refractivity contribution is 0.209. The van der Waals surface area contributed by atoms with Crippen LogP contribution in [0, 0.1) is 0 Å². The Balaban J connectivity index is 1.31. The van der Waals surface area contributed by atoms with Crippen molar-refractivity contribution in [2.45, 2.75) is 83.5 Å². The number of nitrogens with zero attached hydrogens (tertiary/aromatic N) is 4. The number of carboxylic acid groups (broad SMARTS) is 1. The maximum atomic E-state index is 11.7. The van der Waals surface area contributed by atoms with E-state index in [1.807, 2.05) is 4.68 Å². The van der Waals surface area contributed by atoms with E-state index in [-0.39, 0.29) is 17.0 Å². The summed E-state index contributed by atoms with van der Waals surface area (Å²) in [4.78, 5) is 20.9. The molecule has 52 heavy (non-hydrogen) atoms. The fourth-order valence-electron chi connectivity index (χ4n) is 7.56. The van der Waals surface area contributed by atoms with Gasteiger partial charge in [-0.3, -0.25) is 10.00 Å². The van der Waals surface area contributed by atoms with Crippen LogP contribution >= 0.6 is 0 Å². The average Bonchev–Trinajstić information content (AvgIpc) is 3.81. The molecule has 0 aliphatic carbocycles. The Bertz CT molecular complexity index is 1900. The largest absolute Gasteiger partial charge is 0.496 e. The first kappa shape index (κ1) is 37.0. The second-order valence-electron chi connectivity index (χ2n) is 14.5. The lowest BCUT2D eigenvalue weighted by atomic mass is 10.0. The molecule has 1 aliphatic heterocycles. The van der Waals surface area contributed by atoms with Gasteiger partial charge in [0.25, 0.3) is 8.32 Å². The van der Waals surface area contributed by atoms with Crippen molar-refractivity contribution in [3.05, 3.63) is 96.2 Å². The molecule has 3 heterocycles. The standard InChI is InChI=1S/C40H51N7O4Si/c1-6-14-30(22-24-51-52(40(2,3)4,31-15-9-7-10-16-31)32-17-11-8-12-18-32)43-37-36-34(44-38(45-37)46-39(48)49)26-42-47(36)27-29-21-20-28(25-35(29)50-5)33-19-13-23-41-33/h7-12,15-18,20-21,25-26,30,33,41H,6,13-14,19,22-24,27H2,1-5H3,(H,48,49)(H2,43,44,45,46). The number of methoxy groups -OCH3 is 1. The molecular formula is C40H51N7O4Si. The number of nitrogens with one attached hydrogen (secondary N) is 3. The minimum Gasteiger partial charge on any atom is -0.496 e. The number of hydrogen-bond acceptors (Lipinski definition) is 8. The maximum absolute atomic E-state index is 11.7. The minimum atomic E-state index is -2.72. The molecule has 11 nitrogen and oxygen atoms in total. The summed E-state index contributed by atoms with van der Waals surface area (Å²) in [6.45, 7) is 11.0. The molecule has 0 saturated carbocycles. The highest BCUT2D eigenvalue weighted by Crippen LogP contribution is 2.37. The Morgan fingerprint density at radius 1 is 1.04 bits per heavy atom. The van der Waals surface area contributed by atoms with Gasteiger partial charge >= 0.3 is 6.09 Å². The van der Waals surface area contributed by atoms with E-state index in [4.69, 9.17) is 19.2 Å². The summed E-state index contributed by atoms with van der Waals surface area (Å²) in [5.41, 5.74) is 3.40. The molecule has 4 N–H and O–H groups in total. The first-order chi connectivity index (χ1) is 25.1. The van der Waals surface area contributed by atoms with Crippen LogP contribution in [0.1, 0.15) is 77.0 Å². The zero-order valence-corrected chi connectivity index (χ0v) is 31.9. The molecule has 1 aliphatic rings. The molecule has 2 atom stereocenters. The number of amides is 1. The number of carbonyl (C=O) groups is 1. The van der Waals surface area contributed by atoms with Gasteiger partial charge in [-0.15, -0.1) is 0 Å². The van der Waals surface area contributed by atoms with Crippen LogP contribution in [-0.2, 0) is 11.0 Å². The number of aromatic nitrogens is 4. The van der Waals surface area contributed by atoms with Crippen molar-refractivity contribution >= 4 is 47.6 Å². The topological polar surface area (TPSA) is 135 Å². The average molecular weight is 722 g/mol. The second-order valence-corrected chi connectivity index (χ2v) is 18.8. The van der Waals surface area contributed by atoms with Gasteiger partial charge in [0, 0.05) is 24.3 Å². The van der Waals surface area contributed by atoms with Crippen LogP contribution in [0.4, 0.5) is 16.6 Å². The highest BCUT2D eigenvalue weighted by Gasteiger charge is 2.50. The maximum Gasteiger partial charge on any atom is 0.411 e. The highest BCUT2D eigenvalue weighted by molar-refractivity contribution is 6.99. The predicted molar refractivity (Wildman–Crippen MR) is 210 cm³/mol. The summed E-state index contributed by atoms with van der Waals surface area (Å²) >= 11 is 0. The zero-order valence-electron chi connectivity index (χ0n) is 30.9. The number of anilines is 2. The molecule has 6 rings (SSSR count). The van der Waals surface area contributed by atoms with E-state index in [1.54, 1.807) is 13.3 Å². The first-order valence-corrected chi connectivity index (χ1v) is 20.2. The number of hydrogen-bond donors (Lipinski definition) is 4. The Morgan fingerprint density at radius 3 is 2.35 bits per heavy atom. The molecular weight excluding hydrogens is 671 g/mol. The molecule has 0 radical (unpaired) electrons. The third kappa shape index (κ3) is 7.99. The SMILES string of the molecule is CCCC(CCO[Si](c1ccccc1)(c1ccccc1)C(C)(C)C)Nc1nc(NC(=O)O)nc2cnn(Cc3ccc(C4CCCN4)cc3OC)c12. The van der Waals surface area contributed by atoms with Crippen molar-refractivity contribution in [2.24, 2.45) is 0 Å². The van der Waals surface area contributed by atoms with Gasteiger partial charge in [0.05, 0.1) is 19.9 Å². The van der Waals surface area contributed by atoms with E-state index in [2.05, 4.69) is 127 Å². The lowest BCUT2D eigenvalue weighted by Gasteiger charge is -2.43. The quantitative estimate of drug-likeness (QED) is 0.0848. The van der Waals surface area contributed by atoms with Crippen LogP contribution < -0.4 is 31.1 Å². The molecule has 12 heteroatoms. The highest BCUT2D eigenvalue weighted by atomic mass is 28.4. The van der Waals surface area contributed by atoms with Crippen LogP contribution in [0.25, 0.3) is 11.0 Å². The number of fused-ring (bicyclic) bond motifs is 1. The predicted octanol–water partition coefficient (Wildman–Crippen LogP) is 6.94. The minimum absolute atomic E-state index is 0.00754. The van der Waals surface area contributed by atoms with E-state index in [0.29, 0.717) is 42.5 Å². The Labute approximate surface area is 307 Å². The van der Waals surface area contributed by atoms with Gasteiger partial charge in [0.2, 0.25) is 5.95 Å². The van der Waals surface area contributed by atoms with Crippen molar-refractivity contribution in [2.75, 3.05) is 30.9 Å². The van der Waals surface area contributed by atoms with Crippen LogP contribution in [0.2, 0.25) is 5.04 Å². The van der Waals surface area contributed by atoms with Crippen LogP contribution in [0.3, 0.4) is 0 Å². The molecule has 5 aromatic rings. The molecule has 0 bridgehead atoms. The molecule has 1 amide bonds. The summed E-state index contributed by atoms with van der Waals surface area (Å²) in [7, 11) is -1.03. The van der Waals surface area contributed by atoms with Gasteiger partial charge in [-0.05, 0) is 59.3 Å². The van der Waals surface area contributed by atoms with E-state index >= 15 is 0 Å². The number of benzene rings is 3. The summed E-state index contributed by atoms with van der Waals surface area (Å²) in [6, 6.07) is 28.0.